The molecule has 3 aromatic heterocycles. The van der Waals surface area contributed by atoms with Crippen molar-refractivity contribution in [1.82, 2.24) is 19.7 Å². The average molecular weight is 332 g/mol. The van der Waals surface area contributed by atoms with Gasteiger partial charge < -0.3 is 4.90 Å². The molecule has 0 bridgehead atoms. The molecule has 22 heavy (non-hydrogen) atoms. The third-order valence-electron chi connectivity index (χ3n) is 3.52. The number of carbonyl (C=O) groups excluding carboxylic acids is 1. The summed E-state index contributed by atoms with van der Waals surface area (Å²) in [6.45, 7) is 2.03. The number of amides is 1. The first-order valence-electron chi connectivity index (χ1n) is 6.81. The summed E-state index contributed by atoms with van der Waals surface area (Å²) in [5, 5.41) is 6.97. The van der Waals surface area contributed by atoms with Gasteiger partial charge in [-0.3, -0.25) is 9.48 Å². The predicted octanol–water partition coefficient (Wildman–Crippen LogP) is 3.44. The largest absolute Gasteiger partial charge is 0.333 e. The molecule has 0 saturated carbocycles. The second-order valence-corrected chi connectivity index (χ2v) is 7.05. The lowest BCUT2D eigenvalue weighted by molar-refractivity contribution is 0.0749. The van der Waals surface area contributed by atoms with Crippen molar-refractivity contribution >= 4 is 28.6 Å². The van der Waals surface area contributed by atoms with Crippen LogP contribution in [0.4, 0.5) is 0 Å². The van der Waals surface area contributed by atoms with Crippen LogP contribution in [0.25, 0.3) is 10.6 Å². The zero-order valence-electron chi connectivity index (χ0n) is 12.6. The molecule has 1 amide bonds. The van der Waals surface area contributed by atoms with Crippen LogP contribution in [0, 0.1) is 0 Å². The van der Waals surface area contributed by atoms with Crippen LogP contribution in [-0.4, -0.2) is 32.6 Å². The summed E-state index contributed by atoms with van der Waals surface area (Å²) in [6.07, 6.45) is 5.29. The fourth-order valence-corrected chi connectivity index (χ4v) is 3.81. The van der Waals surface area contributed by atoms with Gasteiger partial charge in [0.1, 0.15) is 9.88 Å². The molecule has 114 valence electrons. The van der Waals surface area contributed by atoms with Crippen LogP contribution in [-0.2, 0) is 7.05 Å². The number of thiophene rings is 1. The molecule has 0 aliphatic carbocycles. The van der Waals surface area contributed by atoms with Crippen LogP contribution < -0.4 is 0 Å². The van der Waals surface area contributed by atoms with Gasteiger partial charge in [0.25, 0.3) is 5.91 Å². The minimum Gasteiger partial charge on any atom is -0.333 e. The number of hydrogen-bond donors (Lipinski definition) is 0. The third-order valence-corrected chi connectivity index (χ3v) is 5.60. The summed E-state index contributed by atoms with van der Waals surface area (Å²) < 4.78 is 1.73. The summed E-state index contributed by atoms with van der Waals surface area (Å²) in [5.74, 6) is -0.00598. The molecule has 3 aromatic rings. The van der Waals surface area contributed by atoms with Crippen molar-refractivity contribution in [2.24, 2.45) is 7.05 Å². The molecule has 0 unspecified atom stereocenters. The van der Waals surface area contributed by atoms with Crippen LogP contribution in [0.1, 0.15) is 27.5 Å². The van der Waals surface area contributed by atoms with Gasteiger partial charge >= 0.3 is 0 Å². The first kappa shape index (κ1) is 14.9. The average Bonchev–Trinajstić information content (AvgIpc) is 3.24. The van der Waals surface area contributed by atoms with E-state index in [4.69, 9.17) is 0 Å². The quantitative estimate of drug-likeness (QED) is 0.735. The van der Waals surface area contributed by atoms with Gasteiger partial charge in [-0.05, 0) is 18.4 Å². The van der Waals surface area contributed by atoms with E-state index in [9.17, 15) is 4.79 Å². The van der Waals surface area contributed by atoms with Crippen LogP contribution in [0.3, 0.4) is 0 Å². The lowest BCUT2D eigenvalue weighted by Gasteiger charge is -2.23. The van der Waals surface area contributed by atoms with E-state index in [1.165, 1.54) is 16.2 Å². The zero-order valence-corrected chi connectivity index (χ0v) is 14.2. The Balaban J connectivity index is 1.79. The number of aromatic nitrogens is 3. The number of hydrogen-bond acceptors (Lipinski definition) is 5. The van der Waals surface area contributed by atoms with Gasteiger partial charge in [-0.1, -0.05) is 6.07 Å². The Morgan fingerprint density at radius 1 is 1.41 bits per heavy atom. The smallest absolute Gasteiger partial charge is 0.265 e. The Morgan fingerprint density at radius 3 is 2.86 bits per heavy atom. The first-order valence-corrected chi connectivity index (χ1v) is 8.51. The summed E-state index contributed by atoms with van der Waals surface area (Å²) in [5.41, 5.74) is 0.931. The van der Waals surface area contributed by atoms with Gasteiger partial charge in [-0.15, -0.1) is 22.7 Å². The van der Waals surface area contributed by atoms with E-state index < -0.39 is 0 Å². The highest BCUT2D eigenvalue weighted by Gasteiger charge is 2.22. The van der Waals surface area contributed by atoms with Crippen molar-refractivity contribution in [2.45, 2.75) is 13.0 Å². The van der Waals surface area contributed by atoms with Gasteiger partial charge in [0.2, 0.25) is 0 Å². The van der Waals surface area contributed by atoms with E-state index in [0.717, 1.165) is 10.6 Å². The van der Waals surface area contributed by atoms with Crippen molar-refractivity contribution < 1.29 is 4.79 Å². The molecule has 1 atom stereocenters. The second kappa shape index (κ2) is 6.02. The summed E-state index contributed by atoms with van der Waals surface area (Å²) >= 11 is 3.06. The monoisotopic (exact) mass is 332 g/mol. The molecule has 0 aliphatic heterocycles. The van der Waals surface area contributed by atoms with Gasteiger partial charge in [0.15, 0.2) is 0 Å². The molecule has 0 aromatic carbocycles. The van der Waals surface area contributed by atoms with E-state index in [0.29, 0.717) is 4.88 Å². The molecule has 0 fully saturated rings. The Bertz CT molecular complexity index is 775. The topological polar surface area (TPSA) is 51.0 Å². The first-order chi connectivity index (χ1) is 10.6. The molecule has 3 rings (SSSR count). The Labute approximate surface area is 136 Å². The fourth-order valence-electron chi connectivity index (χ4n) is 2.11. The second-order valence-electron chi connectivity index (χ2n) is 5.04. The van der Waals surface area contributed by atoms with E-state index >= 15 is 0 Å². The molecule has 3 heterocycles. The maximum atomic E-state index is 12.6. The van der Waals surface area contributed by atoms with Crippen LogP contribution in [0.15, 0.2) is 36.1 Å². The van der Waals surface area contributed by atoms with Crippen LogP contribution in [0.5, 0.6) is 0 Å². The summed E-state index contributed by atoms with van der Waals surface area (Å²) in [4.78, 5) is 20.5. The summed E-state index contributed by atoms with van der Waals surface area (Å²) in [7, 11) is 3.69. The SMILES string of the molecule is C[C@H](c1cccs1)N(C)C(=O)c1cnc(-c2cnn(C)c2)s1. The van der Waals surface area contributed by atoms with Crippen LogP contribution >= 0.6 is 22.7 Å². The molecule has 0 saturated heterocycles. The zero-order chi connectivity index (χ0) is 15.7. The van der Waals surface area contributed by atoms with E-state index in [2.05, 4.69) is 10.1 Å². The molecule has 0 N–H and O–H groups in total. The normalized spacial score (nSPS) is 12.3. The lowest BCUT2D eigenvalue weighted by atomic mass is 10.2. The maximum absolute atomic E-state index is 12.6. The highest BCUT2D eigenvalue weighted by Crippen LogP contribution is 2.28. The number of rotatable bonds is 4. The van der Waals surface area contributed by atoms with Crippen molar-refractivity contribution in [3.8, 4) is 10.6 Å². The van der Waals surface area contributed by atoms with E-state index in [1.54, 1.807) is 33.3 Å². The number of carbonyl (C=O) groups is 1. The number of aryl methyl sites for hydroxylation is 1. The predicted molar refractivity (Wildman–Crippen MR) is 89.1 cm³/mol. The van der Waals surface area contributed by atoms with Gasteiger partial charge in [-0.25, -0.2) is 4.98 Å². The molecule has 0 spiro atoms. The Hall–Kier alpha value is -1.99. The standard InChI is InChI=1S/C15H16N4OS2/c1-10(12-5-4-6-21-12)19(3)15(20)13-8-16-14(22-13)11-7-17-18(2)9-11/h4-10H,1-3H3/t10-/m1/s1. The third kappa shape index (κ3) is 2.82. The summed E-state index contributed by atoms with van der Waals surface area (Å²) in [6, 6.07) is 4.10. The number of nitrogens with zero attached hydrogens (tertiary/aromatic N) is 4. The van der Waals surface area contributed by atoms with Crippen molar-refractivity contribution in [3.63, 3.8) is 0 Å². The van der Waals surface area contributed by atoms with Crippen molar-refractivity contribution in [3.05, 3.63) is 45.9 Å². The molecule has 5 nitrogen and oxygen atoms in total. The molecular formula is C15H16N4OS2. The molecule has 7 heteroatoms. The molecular weight excluding hydrogens is 316 g/mol. The van der Waals surface area contributed by atoms with E-state index in [-0.39, 0.29) is 11.9 Å². The Kier molecular flexibility index (Phi) is 4.08. The minimum atomic E-state index is -0.00598. The maximum Gasteiger partial charge on any atom is 0.265 e. The van der Waals surface area contributed by atoms with Gasteiger partial charge in [-0.2, -0.15) is 5.10 Å². The van der Waals surface area contributed by atoms with Crippen molar-refractivity contribution in [2.75, 3.05) is 7.05 Å². The van der Waals surface area contributed by atoms with Gasteiger partial charge in [0.05, 0.1) is 18.4 Å². The highest BCUT2D eigenvalue weighted by atomic mass is 32.1. The van der Waals surface area contributed by atoms with Crippen molar-refractivity contribution in [1.29, 1.82) is 0 Å². The highest BCUT2D eigenvalue weighted by molar-refractivity contribution is 7.16. The Morgan fingerprint density at radius 2 is 2.23 bits per heavy atom. The molecule has 0 aliphatic rings. The lowest BCUT2D eigenvalue weighted by Crippen LogP contribution is -2.28. The van der Waals surface area contributed by atoms with E-state index in [1.807, 2.05) is 44.7 Å². The minimum absolute atomic E-state index is 0.00598. The van der Waals surface area contributed by atoms with Gasteiger partial charge in [0, 0.05) is 30.7 Å². The van der Waals surface area contributed by atoms with Crippen LogP contribution in [0.2, 0.25) is 0 Å². The fraction of sp³-hybridized carbons (Fsp3) is 0.267. The number of thiazole rings is 1. The molecule has 0 radical (unpaired) electrons.